The quantitative estimate of drug-likeness (QED) is 0.0205. The van der Waals surface area contributed by atoms with Crippen LogP contribution in [0.25, 0.3) is 0 Å². The van der Waals surface area contributed by atoms with E-state index in [-0.39, 0.29) is 31.5 Å². The molecule has 0 spiro atoms. The largest absolute Gasteiger partial charge is 0.472 e. The number of hydrogen-bond acceptors (Lipinski definition) is 6. The van der Waals surface area contributed by atoms with Crippen molar-refractivity contribution in [1.29, 1.82) is 0 Å². The second-order valence-corrected chi connectivity index (χ2v) is 23.7. The van der Waals surface area contributed by atoms with Crippen LogP contribution in [0.4, 0.5) is 0 Å². The lowest BCUT2D eigenvalue weighted by Crippen LogP contribution is -2.47. The molecule has 1 amide bonds. The summed E-state index contributed by atoms with van der Waals surface area (Å²) in [4.78, 5) is 37.7. The number of quaternary nitrogens is 1. The normalized spacial score (nSPS) is 14.1. The number of unbranched alkanes of at least 4 members (excludes halogenated alkanes) is 32. The van der Waals surface area contributed by atoms with Gasteiger partial charge in [-0.1, -0.05) is 236 Å². The van der Waals surface area contributed by atoms with Crippen molar-refractivity contribution in [3.8, 4) is 0 Å². The van der Waals surface area contributed by atoms with Crippen molar-refractivity contribution >= 4 is 19.7 Å². The minimum atomic E-state index is -4.45. The molecule has 0 saturated carbocycles. The number of ether oxygens (including phenoxy) is 1. The number of hydrogen-bond donors (Lipinski definition) is 2. The molecule has 0 aliphatic carbocycles. The zero-order valence-corrected chi connectivity index (χ0v) is 50.2. The Morgan fingerprint density at radius 2 is 0.824 bits per heavy atom. The van der Waals surface area contributed by atoms with E-state index in [1.54, 1.807) is 0 Å². The van der Waals surface area contributed by atoms with E-state index in [1.807, 2.05) is 33.3 Å². The zero-order chi connectivity index (χ0) is 54.3. The molecule has 9 nitrogen and oxygen atoms in total. The molecule has 0 aliphatic rings. The summed E-state index contributed by atoms with van der Waals surface area (Å²) in [7, 11) is 1.48. The Morgan fingerprint density at radius 3 is 1.27 bits per heavy atom. The minimum absolute atomic E-state index is 0.0358. The van der Waals surface area contributed by atoms with Gasteiger partial charge in [0, 0.05) is 12.8 Å². The molecule has 0 aromatic rings. The third-order valence-corrected chi connectivity index (χ3v) is 14.7. The summed E-state index contributed by atoms with van der Waals surface area (Å²) in [6.45, 7) is 6.98. The first kappa shape index (κ1) is 71.7. The number of phosphoric acid groups is 1. The number of amides is 1. The lowest BCUT2D eigenvalue weighted by Gasteiger charge is -2.27. The van der Waals surface area contributed by atoms with Crippen LogP contribution in [0, 0.1) is 0 Å². The second kappa shape index (κ2) is 54.1. The Morgan fingerprint density at radius 1 is 0.473 bits per heavy atom. The third kappa shape index (κ3) is 54.5. The Labute approximate surface area is 458 Å². The first-order valence-corrected chi connectivity index (χ1v) is 32.6. The van der Waals surface area contributed by atoms with Gasteiger partial charge in [0.2, 0.25) is 5.91 Å². The summed E-state index contributed by atoms with van der Waals surface area (Å²) < 4.78 is 30.7. The first-order valence-electron chi connectivity index (χ1n) is 31.1. The van der Waals surface area contributed by atoms with Crippen LogP contribution in [0.5, 0.6) is 0 Å². The average Bonchev–Trinajstić information content (AvgIpc) is 3.36. The number of carbonyl (C=O) groups is 2. The molecule has 0 aliphatic heterocycles. The van der Waals surface area contributed by atoms with Gasteiger partial charge in [0.15, 0.2) is 0 Å². The molecule has 10 heteroatoms. The maximum absolute atomic E-state index is 13.5. The highest BCUT2D eigenvalue weighted by Crippen LogP contribution is 2.43. The van der Waals surface area contributed by atoms with Gasteiger partial charge in [-0.25, -0.2) is 4.57 Å². The molecular weight excluding hydrogens is 940 g/mol. The summed E-state index contributed by atoms with van der Waals surface area (Å²) in [5.74, 6) is -0.520. The van der Waals surface area contributed by atoms with E-state index in [1.165, 1.54) is 154 Å². The van der Waals surface area contributed by atoms with Crippen molar-refractivity contribution in [2.45, 2.75) is 296 Å². The summed E-state index contributed by atoms with van der Waals surface area (Å²) in [5, 5.41) is 3.05. The fourth-order valence-electron chi connectivity index (χ4n) is 8.82. The molecule has 0 aromatic heterocycles. The maximum atomic E-state index is 13.5. The van der Waals surface area contributed by atoms with Crippen molar-refractivity contribution < 1.29 is 37.3 Å². The predicted octanol–water partition coefficient (Wildman–Crippen LogP) is 19.1. The van der Waals surface area contributed by atoms with Gasteiger partial charge in [0.25, 0.3) is 0 Å². The second-order valence-electron chi connectivity index (χ2n) is 22.2. The molecule has 432 valence electrons. The summed E-state index contributed by atoms with van der Waals surface area (Å²) in [5.41, 5.74) is 0. The van der Waals surface area contributed by atoms with Crippen LogP contribution in [0.3, 0.4) is 0 Å². The average molecular weight is 1060 g/mol. The summed E-state index contributed by atoms with van der Waals surface area (Å²) >= 11 is 0. The van der Waals surface area contributed by atoms with Gasteiger partial charge in [0.05, 0.1) is 33.8 Å². The standard InChI is InChI=1S/C64H119N2O7P/c1-7-10-13-16-19-22-25-28-30-32-33-35-36-38-41-44-47-50-53-56-63(67)65-61(60-72-74(69,70)71-59-58-66(4,5)6)62(55-52-49-46-43-40-27-24-21-18-15-12-9-3)73-64(68)57-54-51-48-45-42-39-37-34-31-29-26-23-20-17-14-11-8-2/h19,22,28-31,33,35,52,55,61-62H,7-18,20-21,23-27,32,34,36-51,53-54,56-60H2,1-6H3,(H-,65,67,69,70)/p+1/b22-19-,30-28-,31-29+,35-33-,55-52+. The van der Waals surface area contributed by atoms with E-state index in [0.29, 0.717) is 17.4 Å². The Kier molecular flexibility index (Phi) is 52.4. The lowest BCUT2D eigenvalue weighted by atomic mass is 10.0. The van der Waals surface area contributed by atoms with E-state index in [4.69, 9.17) is 13.8 Å². The molecule has 2 N–H and O–H groups in total. The highest BCUT2D eigenvalue weighted by molar-refractivity contribution is 7.47. The van der Waals surface area contributed by atoms with Crippen LogP contribution in [0.15, 0.2) is 60.8 Å². The number of carbonyl (C=O) groups excluding carboxylic acids is 2. The number of phosphoric ester groups is 1. The van der Waals surface area contributed by atoms with Crippen molar-refractivity contribution in [1.82, 2.24) is 5.32 Å². The minimum Gasteiger partial charge on any atom is -0.456 e. The van der Waals surface area contributed by atoms with Gasteiger partial charge < -0.3 is 19.4 Å². The molecule has 0 heterocycles. The zero-order valence-electron chi connectivity index (χ0n) is 49.3. The van der Waals surface area contributed by atoms with Crippen molar-refractivity contribution in [3.05, 3.63) is 60.8 Å². The number of nitrogens with one attached hydrogen (secondary N) is 1. The number of rotatable bonds is 56. The highest BCUT2D eigenvalue weighted by Gasteiger charge is 2.30. The van der Waals surface area contributed by atoms with Crippen molar-refractivity contribution in [2.75, 3.05) is 40.9 Å². The van der Waals surface area contributed by atoms with E-state index in [0.717, 1.165) is 96.3 Å². The topological polar surface area (TPSA) is 111 Å². The number of allylic oxidation sites excluding steroid dienone is 9. The lowest BCUT2D eigenvalue weighted by molar-refractivity contribution is -0.870. The third-order valence-electron chi connectivity index (χ3n) is 13.7. The Bertz CT molecular complexity index is 1450. The van der Waals surface area contributed by atoms with Gasteiger partial charge in [-0.05, 0) is 96.0 Å². The molecule has 0 radical (unpaired) electrons. The van der Waals surface area contributed by atoms with E-state index in [2.05, 4.69) is 74.7 Å². The number of nitrogens with zero attached hydrogens (tertiary/aromatic N) is 1. The van der Waals surface area contributed by atoms with Crippen LogP contribution in [0.1, 0.15) is 284 Å². The molecule has 0 aromatic carbocycles. The molecule has 0 rings (SSSR count). The van der Waals surface area contributed by atoms with Crippen molar-refractivity contribution in [2.24, 2.45) is 0 Å². The van der Waals surface area contributed by atoms with Crippen molar-refractivity contribution in [3.63, 3.8) is 0 Å². The Hall–Kier alpha value is -2.29. The highest BCUT2D eigenvalue weighted by atomic mass is 31.2. The van der Waals surface area contributed by atoms with Gasteiger partial charge in [-0.15, -0.1) is 0 Å². The summed E-state index contributed by atoms with van der Waals surface area (Å²) in [6.07, 6.45) is 67.8. The van der Waals surface area contributed by atoms with E-state index in [9.17, 15) is 19.0 Å². The number of likely N-dealkylation sites (N-methyl/N-ethyl adjacent to an activating group) is 1. The SMILES string of the molecule is CCCCC/C=C\C/C=C\C/C=C\CCCCCCCCC(=O)NC(COP(=O)(O)OCC[N+](C)(C)C)C(/C=C/CCCCCCCCCCCC)OC(=O)CCCCCCCCC/C=C/CCCCCCCC. The molecule has 0 bridgehead atoms. The van der Waals surface area contributed by atoms with Gasteiger partial charge >= 0.3 is 13.8 Å². The Balaban J connectivity index is 5.29. The fourth-order valence-corrected chi connectivity index (χ4v) is 9.56. The van der Waals surface area contributed by atoms with Gasteiger partial charge in [-0.3, -0.25) is 18.6 Å². The van der Waals surface area contributed by atoms with Crippen LogP contribution in [-0.4, -0.2) is 74.3 Å². The van der Waals surface area contributed by atoms with Gasteiger partial charge in [0.1, 0.15) is 19.3 Å². The first-order chi connectivity index (χ1) is 35.9. The summed E-state index contributed by atoms with van der Waals surface area (Å²) in [6, 6.07) is -0.857. The number of esters is 1. The molecule has 3 atom stereocenters. The fraction of sp³-hybridized carbons (Fsp3) is 0.812. The van der Waals surface area contributed by atoms with Crippen LogP contribution in [-0.2, 0) is 27.9 Å². The van der Waals surface area contributed by atoms with E-state index < -0.39 is 20.0 Å². The van der Waals surface area contributed by atoms with Crippen LogP contribution >= 0.6 is 7.82 Å². The maximum Gasteiger partial charge on any atom is 0.472 e. The van der Waals surface area contributed by atoms with Crippen LogP contribution in [0.2, 0.25) is 0 Å². The molecule has 0 saturated heterocycles. The molecule has 74 heavy (non-hydrogen) atoms. The van der Waals surface area contributed by atoms with Gasteiger partial charge in [-0.2, -0.15) is 0 Å². The molecule has 0 fully saturated rings. The van der Waals surface area contributed by atoms with Crippen LogP contribution < -0.4 is 5.32 Å². The predicted molar refractivity (Wildman–Crippen MR) is 318 cm³/mol. The molecule has 3 unspecified atom stereocenters. The monoisotopic (exact) mass is 1060 g/mol. The smallest absolute Gasteiger partial charge is 0.456 e. The van der Waals surface area contributed by atoms with E-state index >= 15 is 0 Å². The molecular formula is C64H120N2O7P+.